The molecule has 264 valence electrons. The van der Waals surface area contributed by atoms with Gasteiger partial charge in [0.15, 0.2) is 0 Å². The van der Waals surface area contributed by atoms with Crippen LogP contribution in [0.25, 0.3) is 72.7 Å². The first kappa shape index (κ1) is 28.9. The van der Waals surface area contributed by atoms with Crippen molar-refractivity contribution in [3.05, 3.63) is 168 Å². The predicted molar refractivity (Wildman–Crippen MR) is 215 cm³/mol. The van der Waals surface area contributed by atoms with E-state index in [1.807, 2.05) is 95.6 Å². The number of hydrogen-bond donors (Lipinski definition) is 1. The number of benzene rings is 6. The molecule has 0 aliphatic rings. The third-order valence-electron chi connectivity index (χ3n) is 9.45. The molecule has 0 saturated heterocycles. The minimum atomic E-state index is -2.48. The molecule has 5 heteroatoms. The second-order valence-corrected chi connectivity index (χ2v) is 14.0. The van der Waals surface area contributed by atoms with Gasteiger partial charge in [0, 0.05) is 41.2 Å². The molecule has 8 rings (SSSR count). The van der Waals surface area contributed by atoms with Crippen LogP contribution in [0.1, 0.15) is 45.7 Å². The third-order valence-corrected chi connectivity index (χ3v) is 9.45. The summed E-state index contributed by atoms with van der Waals surface area (Å²) in [5.41, 5.74) is 9.78. The molecule has 2 aromatic heterocycles. The van der Waals surface area contributed by atoms with Crippen molar-refractivity contribution in [3.8, 4) is 67.5 Å². The van der Waals surface area contributed by atoms with Crippen LogP contribution in [0.3, 0.4) is 0 Å². The van der Waals surface area contributed by atoms with Crippen LogP contribution in [-0.4, -0.2) is 19.6 Å². The van der Waals surface area contributed by atoms with Crippen molar-refractivity contribution in [2.45, 2.75) is 39.9 Å². The van der Waals surface area contributed by atoms with Crippen LogP contribution in [0.2, 0.25) is 0 Å². The number of phenols is 1. The second kappa shape index (κ2) is 14.5. The average Bonchev–Trinajstić information content (AvgIpc) is 3.59. The van der Waals surface area contributed by atoms with Crippen molar-refractivity contribution in [3.63, 3.8) is 0 Å². The van der Waals surface area contributed by atoms with E-state index in [0.29, 0.717) is 33.8 Å². The van der Waals surface area contributed by atoms with Crippen LogP contribution in [0.4, 0.5) is 0 Å². The number of nitrogens with zero attached hydrogens (tertiary/aromatic N) is 3. The fourth-order valence-corrected chi connectivity index (χ4v) is 6.65. The summed E-state index contributed by atoms with van der Waals surface area (Å²) in [6.45, 7) is 1.77. The molecule has 0 aliphatic heterocycles. The zero-order valence-electron chi connectivity index (χ0n) is 35.5. The quantitative estimate of drug-likeness (QED) is 0.169. The van der Waals surface area contributed by atoms with Crippen molar-refractivity contribution in [2.75, 3.05) is 0 Å². The fourth-order valence-electron chi connectivity index (χ4n) is 6.65. The smallest absolute Gasteiger partial charge is 0.148 e. The summed E-state index contributed by atoms with van der Waals surface area (Å²) in [5.74, 6) is 0.407. The normalized spacial score (nSPS) is 13.6. The molecule has 1 N–H and O–H groups in total. The van der Waals surface area contributed by atoms with E-state index in [9.17, 15) is 5.11 Å². The first-order valence-corrected chi connectivity index (χ1v) is 17.2. The number of phenolic OH excluding ortho intramolecular Hbond substituents is 1. The summed E-state index contributed by atoms with van der Waals surface area (Å²) in [6, 6.07) is 46.5. The zero-order chi connectivity index (χ0) is 41.0. The van der Waals surface area contributed by atoms with Crippen molar-refractivity contribution in [2.24, 2.45) is 0 Å². The number of pyridine rings is 1. The molecule has 0 atom stereocenters. The zero-order valence-corrected chi connectivity index (χ0v) is 31.7. The maximum Gasteiger partial charge on any atom is 0.148 e. The molecule has 0 radical (unpaired) electrons. The Bertz CT molecular complexity index is 2810. The minimum Gasteiger partial charge on any atom is -0.507 e. The van der Waals surface area contributed by atoms with Crippen LogP contribution < -0.4 is 0 Å². The van der Waals surface area contributed by atoms with E-state index >= 15 is 0 Å². The van der Waals surface area contributed by atoms with Gasteiger partial charge in [0.05, 0.1) is 22.3 Å². The topological polar surface area (TPSA) is 50.9 Å². The number of imidazole rings is 1. The summed E-state index contributed by atoms with van der Waals surface area (Å²) in [7, 11) is 0. The monoisotopic (exact) mass is 875 g/mol. The molecular weight excluding hydrogens is 830 g/mol. The van der Waals surface area contributed by atoms with Crippen molar-refractivity contribution in [1.29, 1.82) is 0 Å². The van der Waals surface area contributed by atoms with Gasteiger partial charge in [0.25, 0.3) is 0 Å². The van der Waals surface area contributed by atoms with E-state index in [1.165, 1.54) is 0 Å². The summed E-state index contributed by atoms with van der Waals surface area (Å²) < 4.78 is 51.2. The van der Waals surface area contributed by atoms with E-state index in [-0.39, 0.29) is 43.4 Å². The number of rotatable bonds is 6. The van der Waals surface area contributed by atoms with Gasteiger partial charge in [-0.2, -0.15) is 0 Å². The number of aromatic nitrogens is 3. The van der Waals surface area contributed by atoms with Crippen molar-refractivity contribution < 1.29 is 34.4 Å². The predicted octanol–water partition coefficient (Wildman–Crippen LogP) is 12.2. The SMILES string of the molecule is [2H]C([2H])([2H])c1ccc(-c2ccnc(-c3[c-]c(-c4cccc5c4nc(-c4ccccc4O)n5-c4ccc(-c5ccccc5)cc4C([2H])([2H])[2H])cc(C(C)(C)C)c3)c2)cc1.[Pt]. The van der Waals surface area contributed by atoms with Crippen LogP contribution in [0.5, 0.6) is 5.75 Å². The van der Waals surface area contributed by atoms with E-state index < -0.39 is 13.7 Å². The van der Waals surface area contributed by atoms with Gasteiger partial charge in [-0.3, -0.25) is 9.55 Å². The molecule has 2 heterocycles. The van der Waals surface area contributed by atoms with E-state index in [2.05, 4.69) is 39.0 Å². The fraction of sp³-hybridized carbons (Fsp3) is 0.125. The molecule has 0 aliphatic carbocycles. The van der Waals surface area contributed by atoms with Gasteiger partial charge >= 0.3 is 0 Å². The van der Waals surface area contributed by atoms with E-state index in [4.69, 9.17) is 18.2 Å². The number of aryl methyl sites for hydroxylation is 2. The molecule has 0 saturated carbocycles. The molecule has 4 nitrogen and oxygen atoms in total. The Morgan fingerprint density at radius 3 is 2.11 bits per heavy atom. The Morgan fingerprint density at radius 1 is 0.660 bits per heavy atom. The van der Waals surface area contributed by atoms with Gasteiger partial charge in [0.1, 0.15) is 11.6 Å². The van der Waals surface area contributed by atoms with Gasteiger partial charge in [-0.15, -0.1) is 29.3 Å². The third kappa shape index (κ3) is 7.00. The summed E-state index contributed by atoms with van der Waals surface area (Å²) in [4.78, 5) is 9.98. The standard InChI is InChI=1S/C48H40N3O.Pt/c1-31-18-20-34(21-19-31)36-24-25-49-42(30-36)38-27-37(28-39(29-38)48(3,4)5)40-15-11-16-44-46(40)50-47(41-14-9-10-17-45(41)52)51(44)43-23-22-35(26-32(43)2)33-12-7-6-8-13-33;/h6-26,28-30,52H,1-5H3;/q-1;/i1D3,2D3;. The van der Waals surface area contributed by atoms with Crippen molar-refractivity contribution in [1.82, 2.24) is 14.5 Å². The van der Waals surface area contributed by atoms with Gasteiger partial charge < -0.3 is 5.11 Å². The summed E-state index contributed by atoms with van der Waals surface area (Å²) in [6.07, 6.45) is 1.74. The Balaban J connectivity index is 0.00000528. The molecule has 8 aromatic rings. The molecule has 0 fully saturated rings. The molecule has 0 amide bonds. The van der Waals surface area contributed by atoms with E-state index in [1.54, 1.807) is 42.6 Å². The van der Waals surface area contributed by atoms with Crippen LogP contribution in [0, 0.1) is 19.8 Å². The number of fused-ring (bicyclic) bond motifs is 1. The van der Waals surface area contributed by atoms with Gasteiger partial charge in [-0.1, -0.05) is 128 Å². The average molecular weight is 876 g/mol. The Hall–Kier alpha value is -5.57. The number of aromatic hydroxyl groups is 1. The molecule has 0 spiro atoms. The molecule has 53 heavy (non-hydrogen) atoms. The first-order valence-electron chi connectivity index (χ1n) is 20.2. The first-order chi connectivity index (χ1) is 27.6. The molecule has 0 bridgehead atoms. The summed E-state index contributed by atoms with van der Waals surface area (Å²) >= 11 is 0. The van der Waals surface area contributed by atoms with Crippen LogP contribution in [0.15, 0.2) is 146 Å². The van der Waals surface area contributed by atoms with Crippen LogP contribution in [-0.2, 0) is 26.5 Å². The molecule has 0 unspecified atom stereocenters. The maximum absolute atomic E-state index is 11.2. The Kier molecular flexibility index (Phi) is 7.89. The van der Waals surface area contributed by atoms with Gasteiger partial charge in [-0.05, 0) is 83.3 Å². The Labute approximate surface area is 334 Å². The van der Waals surface area contributed by atoms with E-state index in [0.717, 1.165) is 44.5 Å². The van der Waals surface area contributed by atoms with Gasteiger partial charge in [0.2, 0.25) is 0 Å². The largest absolute Gasteiger partial charge is 0.507 e. The molecule has 6 aromatic carbocycles. The minimum absolute atomic E-state index is 0. The number of hydrogen-bond acceptors (Lipinski definition) is 3. The van der Waals surface area contributed by atoms with Gasteiger partial charge in [-0.25, -0.2) is 4.98 Å². The Morgan fingerprint density at radius 2 is 1.36 bits per heavy atom. The molecular formula is C48H40N3OPt-. The maximum atomic E-state index is 11.2. The van der Waals surface area contributed by atoms with Crippen LogP contribution >= 0.6 is 0 Å². The summed E-state index contributed by atoms with van der Waals surface area (Å²) in [5, 5.41) is 11.2. The second-order valence-electron chi connectivity index (χ2n) is 14.0. The number of para-hydroxylation sites is 2. The van der Waals surface area contributed by atoms with Crippen molar-refractivity contribution >= 4 is 11.0 Å².